The normalized spacial score (nSPS) is 9.99. The van der Waals surface area contributed by atoms with Crippen LogP contribution in [0.15, 0.2) is 201 Å². The number of nitro groups is 2. The molecule has 0 spiro atoms. The van der Waals surface area contributed by atoms with Gasteiger partial charge in [-0.1, -0.05) is 165 Å². The summed E-state index contributed by atoms with van der Waals surface area (Å²) in [6.07, 6.45) is 13.0. The molecule has 15 rings (SSSR count). The standard InChI is InChI=1S/3C14H7N3.C13H10F2N.C12H4F2N3O2.C12H7F2N2O2.3Ir/c3*15-9-11-4-3-5-12(8-11)17-10-16-13-6-1-2-7-14(13)17;1-8-5-6-16-12(7-8)10-3-4-11(14)9(2)13(10)15;1-15-7-4-5-16-10(6-7)8-2-3-9(13)12(11(8)14)17(18)19;1-7-4-5-15-10(6-7)8-2-3-9(13)12(11(8)14)16(17)18;;;/h3*1-4,6-8H;4-7H,1-2H3;3-6H;3-6H,1H3;;;/q3*-2;3*-1;3*+3. The van der Waals surface area contributed by atoms with E-state index in [1.165, 1.54) is 37.5 Å². The maximum absolute atomic E-state index is 13.9. The van der Waals surface area contributed by atoms with E-state index >= 15 is 0 Å². The Morgan fingerprint density at radius 3 is 1.10 bits per heavy atom. The summed E-state index contributed by atoms with van der Waals surface area (Å²) in [5.74, 6) is -6.38. The van der Waals surface area contributed by atoms with Crippen LogP contribution in [0.25, 0.3) is 88.8 Å². The van der Waals surface area contributed by atoms with E-state index in [9.17, 15) is 46.6 Å². The Balaban J connectivity index is 0.000000178. The molecule has 0 saturated heterocycles. The number of para-hydroxylation sites is 6. The van der Waals surface area contributed by atoms with E-state index in [1.54, 1.807) is 93.6 Å². The first-order valence-electron chi connectivity index (χ1n) is 30.3. The first-order valence-corrected chi connectivity index (χ1v) is 30.3. The fourth-order valence-electron chi connectivity index (χ4n) is 9.67. The monoisotopic (exact) mass is 1960 g/mol. The van der Waals surface area contributed by atoms with Crippen LogP contribution in [0, 0.1) is 172 Å². The van der Waals surface area contributed by atoms with Gasteiger partial charge in [-0.2, -0.15) is 87.4 Å². The molecule has 19 nitrogen and oxygen atoms in total. The Hall–Kier alpha value is -12.9. The summed E-state index contributed by atoms with van der Waals surface area (Å²) in [6.45, 7) is 11.9. The number of fused-ring (bicyclic) bond motifs is 3. The smallest absolute Gasteiger partial charge is 0.448 e. The van der Waals surface area contributed by atoms with Crippen LogP contribution in [0.2, 0.25) is 0 Å². The fourth-order valence-corrected chi connectivity index (χ4v) is 9.67. The molecule has 0 bridgehead atoms. The van der Waals surface area contributed by atoms with Crippen LogP contribution in [-0.2, 0) is 60.3 Å². The third-order valence-electron chi connectivity index (χ3n) is 14.7. The fraction of sp³-hybridized carbons (Fsp3) is 0.0380. The van der Waals surface area contributed by atoms with Crippen molar-refractivity contribution in [1.82, 2.24) is 43.6 Å². The van der Waals surface area contributed by atoms with E-state index in [-0.39, 0.29) is 99.6 Å². The molecule has 6 heterocycles. The zero-order chi connectivity index (χ0) is 74.0. The SMILES string of the molecule is Cc1ccnc(-c2[c-]cc(F)c(C)c2F)c1.Cc1ccnc(-c2[c-]cc(F)c([N+](=O)[O-])c2F)c1.N#Cc1cc[c-]c(-n2[c-]nc3ccccc32)c1.N#Cc1cc[c-]c(-n2[c-]nc3ccccc32)c1.N#Cc1cc[c-]c(-n2[c-]nc3ccccc32)c1.[C-]#[N+]c1ccnc(-c2[c-]cc(F)c([N+](=O)[O-])c2F)c1.[Ir+3].[Ir+3].[Ir+3]. The van der Waals surface area contributed by atoms with Crippen LogP contribution in [0.1, 0.15) is 33.4 Å². The molecule has 0 fully saturated rings. The largest absolute Gasteiger partial charge is 3.00 e. The summed E-state index contributed by atoms with van der Waals surface area (Å²) >= 11 is 0. The molecule has 0 unspecified atom stereocenters. The third kappa shape index (κ3) is 19.7. The molecule has 0 aliphatic carbocycles. The Morgan fingerprint density at radius 2 is 0.766 bits per heavy atom. The molecule has 0 aliphatic heterocycles. The van der Waals surface area contributed by atoms with Gasteiger partial charge >= 0.3 is 60.3 Å². The van der Waals surface area contributed by atoms with Crippen molar-refractivity contribution in [3.8, 4) is 69.0 Å². The van der Waals surface area contributed by atoms with Gasteiger partial charge in [0.2, 0.25) is 0 Å². The maximum Gasteiger partial charge on any atom is 3.00 e. The molecule has 0 N–H and O–H groups in total. The minimum Gasteiger partial charge on any atom is -0.448 e. The van der Waals surface area contributed by atoms with E-state index in [0.717, 1.165) is 73.4 Å². The van der Waals surface area contributed by atoms with Gasteiger partial charge < -0.3 is 43.6 Å². The minimum atomic E-state index is -1.36. The van der Waals surface area contributed by atoms with Gasteiger partial charge in [-0.3, -0.25) is 46.6 Å². The van der Waals surface area contributed by atoms with Crippen LogP contribution in [-0.4, -0.2) is 53.5 Å². The minimum absolute atomic E-state index is 0. The molecular formula is C79H42F6Ir3N15O4. The summed E-state index contributed by atoms with van der Waals surface area (Å²) < 4.78 is 86.3. The molecule has 15 aromatic rings. The average Bonchev–Trinajstić information content (AvgIpc) is 1.55. The first kappa shape index (κ1) is 81.4. The molecule has 0 saturated carbocycles. The zero-order valence-electron chi connectivity index (χ0n) is 55.2. The molecular weight excluding hydrogens is 1910 g/mol. The first-order chi connectivity index (χ1) is 50.3. The van der Waals surface area contributed by atoms with Gasteiger partial charge in [0.15, 0.2) is 5.69 Å². The van der Waals surface area contributed by atoms with Crippen molar-refractivity contribution in [2.45, 2.75) is 20.8 Å². The average molecular weight is 1960 g/mol. The molecule has 0 radical (unpaired) electrons. The second kappa shape index (κ2) is 38.1. The number of nitrogens with zero attached hydrogens (tertiary/aromatic N) is 15. The number of pyridine rings is 3. The van der Waals surface area contributed by atoms with Crippen molar-refractivity contribution >= 4 is 50.2 Å². The molecule has 0 amide bonds. The number of benzene rings is 9. The number of aromatic nitrogens is 9. The van der Waals surface area contributed by atoms with Crippen molar-refractivity contribution in [3.05, 3.63) is 356 Å². The number of nitriles is 3. The topological polar surface area (TPSA) is 254 Å². The van der Waals surface area contributed by atoms with Crippen molar-refractivity contribution < 1.29 is 96.5 Å². The quantitative estimate of drug-likeness (QED) is 0.0594. The molecule has 0 aliphatic rings. The van der Waals surface area contributed by atoms with Crippen molar-refractivity contribution in [2.75, 3.05) is 0 Å². The van der Waals surface area contributed by atoms with Gasteiger partial charge in [0.1, 0.15) is 23.3 Å². The molecule has 9 aromatic carbocycles. The number of hydrogen-bond acceptors (Lipinski definition) is 13. The number of halogens is 6. The molecule has 28 heteroatoms. The van der Waals surface area contributed by atoms with E-state index in [4.69, 9.17) is 22.4 Å². The predicted octanol–water partition coefficient (Wildman–Crippen LogP) is 17.3. The Labute approximate surface area is 647 Å². The Bertz CT molecular complexity index is 5610. The van der Waals surface area contributed by atoms with Crippen LogP contribution in [0.3, 0.4) is 0 Å². The van der Waals surface area contributed by atoms with E-state index in [2.05, 4.69) is 108 Å². The molecule has 526 valence electrons. The van der Waals surface area contributed by atoms with E-state index in [1.807, 2.05) is 85.8 Å². The van der Waals surface area contributed by atoms with E-state index in [0.29, 0.717) is 28.5 Å². The summed E-state index contributed by atoms with van der Waals surface area (Å²) in [5, 5.41) is 47.8. The molecule has 0 atom stereocenters. The van der Waals surface area contributed by atoms with Gasteiger partial charge in [0.05, 0.1) is 24.8 Å². The number of imidazole rings is 3. The third-order valence-corrected chi connectivity index (χ3v) is 14.7. The molecule has 107 heavy (non-hydrogen) atoms. The number of aryl methyl sites for hydroxylation is 2. The summed E-state index contributed by atoms with van der Waals surface area (Å²) in [7, 11) is 0. The van der Waals surface area contributed by atoms with Crippen molar-refractivity contribution in [3.63, 3.8) is 0 Å². The summed E-state index contributed by atoms with van der Waals surface area (Å²) in [4.78, 5) is 46.3. The van der Waals surface area contributed by atoms with Gasteiger partial charge in [-0.15, -0.1) is 36.4 Å². The van der Waals surface area contributed by atoms with Gasteiger partial charge in [-0.05, 0) is 65.7 Å². The van der Waals surface area contributed by atoms with Crippen LogP contribution < -0.4 is 0 Å². The number of nitro benzene ring substituents is 2. The molecule has 6 aromatic heterocycles. The number of hydrogen-bond donors (Lipinski definition) is 0. The van der Waals surface area contributed by atoms with Crippen LogP contribution in [0.5, 0.6) is 0 Å². The second-order valence-electron chi connectivity index (χ2n) is 21.6. The van der Waals surface area contributed by atoms with Gasteiger partial charge in [-0.25, -0.2) is 23.0 Å². The van der Waals surface area contributed by atoms with Crippen LogP contribution in [0.4, 0.5) is 43.4 Å². The summed E-state index contributed by atoms with van der Waals surface area (Å²) in [6, 6.07) is 73.7. The Morgan fingerprint density at radius 1 is 0.439 bits per heavy atom. The second-order valence-corrected chi connectivity index (χ2v) is 21.6. The summed E-state index contributed by atoms with van der Waals surface area (Å²) in [5.41, 5.74) is 9.43. The van der Waals surface area contributed by atoms with Crippen molar-refractivity contribution in [1.29, 1.82) is 15.8 Å². The van der Waals surface area contributed by atoms with Crippen molar-refractivity contribution in [2.24, 2.45) is 0 Å². The van der Waals surface area contributed by atoms with Gasteiger partial charge in [0.25, 0.3) is 11.4 Å². The zero-order valence-corrected chi connectivity index (χ0v) is 62.3. The Kier molecular flexibility index (Phi) is 29.0. The van der Waals surface area contributed by atoms with Gasteiger partial charge in [0, 0.05) is 59.1 Å². The van der Waals surface area contributed by atoms with E-state index < -0.39 is 56.1 Å². The predicted molar refractivity (Wildman–Crippen MR) is 369 cm³/mol. The maximum atomic E-state index is 13.9. The number of rotatable bonds is 8. The van der Waals surface area contributed by atoms with Crippen LogP contribution >= 0.6 is 0 Å².